The van der Waals surface area contributed by atoms with Gasteiger partial charge in [0.05, 0.1) is 7.11 Å². The lowest BCUT2D eigenvalue weighted by Gasteiger charge is -2.15. The van der Waals surface area contributed by atoms with Crippen molar-refractivity contribution < 1.29 is 4.74 Å². The summed E-state index contributed by atoms with van der Waals surface area (Å²) in [7, 11) is 1.70. The van der Waals surface area contributed by atoms with Crippen LogP contribution in [0.4, 0.5) is 0 Å². The van der Waals surface area contributed by atoms with Crippen molar-refractivity contribution in [1.29, 1.82) is 0 Å². The van der Waals surface area contributed by atoms with Crippen molar-refractivity contribution in [1.82, 2.24) is 5.32 Å². The summed E-state index contributed by atoms with van der Waals surface area (Å²) in [5, 5.41) is 3.53. The first kappa shape index (κ1) is 13.6. The van der Waals surface area contributed by atoms with Crippen LogP contribution in [0.3, 0.4) is 0 Å². The van der Waals surface area contributed by atoms with E-state index < -0.39 is 0 Å². The van der Waals surface area contributed by atoms with Gasteiger partial charge in [-0.05, 0) is 37.1 Å². The maximum atomic E-state index is 5.25. The lowest BCUT2D eigenvalue weighted by molar-refractivity contribution is 0.413. The van der Waals surface area contributed by atoms with E-state index in [1.54, 1.807) is 7.11 Å². The molecule has 0 aliphatic rings. The van der Waals surface area contributed by atoms with Crippen molar-refractivity contribution in [3.8, 4) is 5.75 Å². The maximum Gasteiger partial charge on any atom is 0.119 e. The first-order valence-corrected chi connectivity index (χ1v) is 6.62. The van der Waals surface area contributed by atoms with E-state index in [2.05, 4.69) is 55.6 Å². The fourth-order valence-electron chi connectivity index (χ4n) is 2.01. The van der Waals surface area contributed by atoms with Crippen LogP contribution >= 0.6 is 0 Å². The van der Waals surface area contributed by atoms with Crippen LogP contribution in [0.15, 0.2) is 48.5 Å². The van der Waals surface area contributed by atoms with E-state index in [1.807, 2.05) is 12.1 Å². The quantitative estimate of drug-likeness (QED) is 0.876. The van der Waals surface area contributed by atoms with Gasteiger partial charge < -0.3 is 10.1 Å². The van der Waals surface area contributed by atoms with Crippen molar-refractivity contribution in [2.45, 2.75) is 26.4 Å². The van der Waals surface area contributed by atoms with Crippen LogP contribution in [0, 0.1) is 6.92 Å². The zero-order valence-corrected chi connectivity index (χ0v) is 11.8. The van der Waals surface area contributed by atoms with Crippen molar-refractivity contribution in [2.75, 3.05) is 7.11 Å². The van der Waals surface area contributed by atoms with Gasteiger partial charge in [0.25, 0.3) is 0 Å². The SMILES string of the molecule is COc1cccc([C@@H](C)NCc2ccc(C)cc2)c1. The van der Waals surface area contributed by atoms with E-state index in [-0.39, 0.29) is 0 Å². The van der Waals surface area contributed by atoms with Gasteiger partial charge in [-0.1, -0.05) is 42.0 Å². The smallest absolute Gasteiger partial charge is 0.119 e. The lowest BCUT2D eigenvalue weighted by Crippen LogP contribution is -2.18. The average Bonchev–Trinajstić information content (AvgIpc) is 2.46. The molecule has 0 aliphatic heterocycles. The van der Waals surface area contributed by atoms with Gasteiger partial charge in [-0.3, -0.25) is 0 Å². The molecule has 2 rings (SSSR count). The summed E-state index contributed by atoms with van der Waals surface area (Å²) >= 11 is 0. The highest BCUT2D eigenvalue weighted by atomic mass is 16.5. The van der Waals surface area contributed by atoms with Gasteiger partial charge in [0.15, 0.2) is 0 Å². The Morgan fingerprint density at radius 3 is 2.53 bits per heavy atom. The molecule has 0 saturated heterocycles. The molecule has 1 atom stereocenters. The average molecular weight is 255 g/mol. The number of hydrogen-bond donors (Lipinski definition) is 1. The first-order chi connectivity index (χ1) is 9.19. The zero-order valence-electron chi connectivity index (χ0n) is 11.8. The van der Waals surface area contributed by atoms with E-state index in [9.17, 15) is 0 Å². The van der Waals surface area contributed by atoms with Crippen LogP contribution in [-0.4, -0.2) is 7.11 Å². The van der Waals surface area contributed by atoms with E-state index in [4.69, 9.17) is 4.74 Å². The van der Waals surface area contributed by atoms with Gasteiger partial charge in [-0.2, -0.15) is 0 Å². The second-order valence-corrected chi connectivity index (χ2v) is 4.86. The Morgan fingerprint density at radius 2 is 1.84 bits per heavy atom. The second kappa shape index (κ2) is 6.39. The van der Waals surface area contributed by atoms with Crippen molar-refractivity contribution >= 4 is 0 Å². The fraction of sp³-hybridized carbons (Fsp3) is 0.294. The summed E-state index contributed by atoms with van der Waals surface area (Å²) in [5.41, 5.74) is 3.84. The topological polar surface area (TPSA) is 21.3 Å². The van der Waals surface area contributed by atoms with Gasteiger partial charge >= 0.3 is 0 Å². The molecule has 0 amide bonds. The normalized spacial score (nSPS) is 12.2. The molecule has 0 spiro atoms. The third-order valence-electron chi connectivity index (χ3n) is 3.33. The maximum absolute atomic E-state index is 5.25. The fourth-order valence-corrected chi connectivity index (χ4v) is 2.01. The van der Waals surface area contributed by atoms with Gasteiger partial charge in [0.1, 0.15) is 5.75 Å². The molecule has 0 radical (unpaired) electrons. The monoisotopic (exact) mass is 255 g/mol. The third kappa shape index (κ3) is 3.83. The molecule has 2 aromatic rings. The highest BCUT2D eigenvalue weighted by Crippen LogP contribution is 2.19. The Labute approximate surface area is 115 Å². The molecule has 0 saturated carbocycles. The summed E-state index contributed by atoms with van der Waals surface area (Å²) in [6.07, 6.45) is 0. The molecule has 2 nitrogen and oxygen atoms in total. The van der Waals surface area contributed by atoms with Crippen LogP contribution in [0.25, 0.3) is 0 Å². The molecule has 0 fully saturated rings. The van der Waals surface area contributed by atoms with Crippen LogP contribution in [0.5, 0.6) is 5.75 Å². The number of hydrogen-bond acceptors (Lipinski definition) is 2. The lowest BCUT2D eigenvalue weighted by atomic mass is 10.1. The van der Waals surface area contributed by atoms with Gasteiger partial charge in [-0.15, -0.1) is 0 Å². The number of ether oxygens (including phenoxy) is 1. The zero-order chi connectivity index (χ0) is 13.7. The Bertz CT molecular complexity index is 519. The van der Waals surface area contributed by atoms with E-state index in [1.165, 1.54) is 16.7 Å². The first-order valence-electron chi connectivity index (χ1n) is 6.62. The number of methoxy groups -OCH3 is 1. The molecule has 0 aromatic heterocycles. The summed E-state index contributed by atoms with van der Waals surface area (Å²) in [5.74, 6) is 0.904. The molecule has 0 heterocycles. The van der Waals surface area contributed by atoms with Crippen molar-refractivity contribution in [2.24, 2.45) is 0 Å². The Hall–Kier alpha value is -1.80. The number of rotatable bonds is 5. The predicted octanol–water partition coefficient (Wildman–Crippen LogP) is 3.85. The Balaban J connectivity index is 1.96. The summed E-state index contributed by atoms with van der Waals surface area (Å²) in [6.45, 7) is 5.15. The minimum atomic E-state index is 0.302. The van der Waals surface area contributed by atoms with Crippen LogP contribution < -0.4 is 10.1 Å². The molecule has 0 unspecified atom stereocenters. The highest BCUT2D eigenvalue weighted by Gasteiger charge is 2.05. The van der Waals surface area contributed by atoms with Gasteiger partial charge in [0, 0.05) is 12.6 Å². The van der Waals surface area contributed by atoms with Crippen LogP contribution in [0.2, 0.25) is 0 Å². The molecule has 19 heavy (non-hydrogen) atoms. The van der Waals surface area contributed by atoms with Crippen LogP contribution in [0.1, 0.15) is 29.7 Å². The van der Waals surface area contributed by atoms with Crippen molar-refractivity contribution in [3.05, 3.63) is 65.2 Å². The highest BCUT2D eigenvalue weighted by molar-refractivity contribution is 5.30. The molecule has 100 valence electrons. The standard InChI is InChI=1S/C17H21NO/c1-13-7-9-15(10-8-13)12-18-14(2)16-5-4-6-17(11-16)19-3/h4-11,14,18H,12H2,1-3H3/t14-/m1/s1. The third-order valence-corrected chi connectivity index (χ3v) is 3.33. The van der Waals surface area contributed by atoms with Gasteiger partial charge in [0.2, 0.25) is 0 Å². The minimum Gasteiger partial charge on any atom is -0.497 e. The molecular formula is C17H21NO. The summed E-state index contributed by atoms with van der Waals surface area (Å²) < 4.78 is 5.25. The summed E-state index contributed by atoms with van der Waals surface area (Å²) in [4.78, 5) is 0. The number of benzene rings is 2. The molecule has 0 aliphatic carbocycles. The van der Waals surface area contributed by atoms with Gasteiger partial charge in [-0.25, -0.2) is 0 Å². The number of nitrogens with one attached hydrogen (secondary N) is 1. The van der Waals surface area contributed by atoms with E-state index in [0.29, 0.717) is 6.04 Å². The molecule has 1 N–H and O–H groups in total. The Morgan fingerprint density at radius 1 is 1.11 bits per heavy atom. The summed E-state index contributed by atoms with van der Waals surface area (Å²) in [6, 6.07) is 17.1. The largest absolute Gasteiger partial charge is 0.497 e. The molecule has 2 heteroatoms. The Kier molecular flexibility index (Phi) is 4.58. The molecular weight excluding hydrogens is 234 g/mol. The minimum absolute atomic E-state index is 0.302. The predicted molar refractivity (Wildman–Crippen MR) is 79.4 cm³/mol. The second-order valence-electron chi connectivity index (χ2n) is 4.86. The van der Waals surface area contributed by atoms with Crippen molar-refractivity contribution in [3.63, 3.8) is 0 Å². The van der Waals surface area contributed by atoms with E-state index in [0.717, 1.165) is 12.3 Å². The molecule has 2 aromatic carbocycles. The number of aryl methyl sites for hydroxylation is 1. The molecule has 0 bridgehead atoms. The van der Waals surface area contributed by atoms with Crippen LogP contribution in [-0.2, 0) is 6.54 Å². The van der Waals surface area contributed by atoms with E-state index >= 15 is 0 Å².